The Morgan fingerprint density at radius 3 is 1.53 bits per heavy atom. The second kappa shape index (κ2) is 6.74. The number of esters is 2. The van der Waals surface area contributed by atoms with Crippen LogP contribution in [-0.2, 0) is 14.3 Å². The summed E-state index contributed by atoms with van der Waals surface area (Å²) in [6.45, 7) is 0. The molecule has 0 radical (unpaired) electrons. The van der Waals surface area contributed by atoms with Gasteiger partial charge in [-0.3, -0.25) is 9.59 Å². The summed E-state index contributed by atoms with van der Waals surface area (Å²) in [5, 5.41) is 0. The summed E-state index contributed by atoms with van der Waals surface area (Å²) in [6.07, 6.45) is -3.12. The van der Waals surface area contributed by atoms with Gasteiger partial charge in [-0.2, -0.15) is 0 Å². The number of halogens is 4. The van der Waals surface area contributed by atoms with E-state index in [1.54, 1.807) is 0 Å². The first-order valence-electron chi connectivity index (χ1n) is 3.62. The van der Waals surface area contributed by atoms with Crippen molar-refractivity contribution < 1.29 is 31.9 Å². The quantitative estimate of drug-likeness (QED) is 0.420. The lowest BCUT2D eigenvalue weighted by Crippen LogP contribution is -2.12. The Morgan fingerprint density at radius 1 is 0.933 bits per heavy atom. The second-order valence-corrected chi connectivity index (χ2v) is 2.31. The van der Waals surface area contributed by atoms with Crippen molar-refractivity contribution >= 4 is 11.9 Å². The summed E-state index contributed by atoms with van der Waals surface area (Å²) < 4.78 is 50.8. The molecular weight excluding hydrogens is 220 g/mol. The third kappa shape index (κ3) is 6.42. The molecule has 0 saturated heterocycles. The summed E-state index contributed by atoms with van der Waals surface area (Å²) in [6, 6.07) is 0. The molecule has 15 heavy (non-hydrogen) atoms. The minimum Gasteiger partial charge on any atom is -0.393 e. The number of ether oxygens (including phenoxy) is 1. The SMILES string of the molecule is O=C(C/C(F)=C\F)OC(=O)C/C(F)=C\F. The van der Waals surface area contributed by atoms with E-state index < -0.39 is 49.1 Å². The zero-order valence-corrected chi connectivity index (χ0v) is 7.31. The predicted molar refractivity (Wildman–Crippen MR) is 40.9 cm³/mol. The molecule has 0 N–H and O–H groups in total. The van der Waals surface area contributed by atoms with Gasteiger partial charge in [0.2, 0.25) is 0 Å². The molecule has 7 heteroatoms. The first-order valence-corrected chi connectivity index (χ1v) is 3.62. The standard InChI is InChI=1S/C8H6F4O3/c9-3-5(11)1-7(13)15-8(14)2-6(12)4-10/h3-4H,1-2H2/b5-3+,6-4+. The predicted octanol–water partition coefficient (Wildman–Crippen LogP) is 2.40. The van der Waals surface area contributed by atoms with Gasteiger partial charge in [0.25, 0.3) is 0 Å². The number of rotatable bonds is 4. The lowest BCUT2D eigenvalue weighted by molar-refractivity contribution is -0.158. The molecule has 0 aromatic heterocycles. The Morgan fingerprint density at radius 2 is 1.27 bits per heavy atom. The Bertz CT molecular complexity index is 279. The van der Waals surface area contributed by atoms with Crippen molar-refractivity contribution in [1.29, 1.82) is 0 Å². The average Bonchev–Trinajstić information content (AvgIpc) is 2.16. The minimum atomic E-state index is -1.44. The van der Waals surface area contributed by atoms with E-state index in [0.29, 0.717) is 0 Å². The van der Waals surface area contributed by atoms with Gasteiger partial charge >= 0.3 is 11.9 Å². The van der Waals surface area contributed by atoms with Crippen LogP contribution >= 0.6 is 0 Å². The molecule has 0 fully saturated rings. The van der Waals surface area contributed by atoms with Crippen molar-refractivity contribution in [3.63, 3.8) is 0 Å². The Kier molecular flexibility index (Phi) is 6.00. The molecule has 0 atom stereocenters. The van der Waals surface area contributed by atoms with Crippen molar-refractivity contribution in [3.8, 4) is 0 Å². The summed E-state index contributed by atoms with van der Waals surface area (Å²) in [7, 11) is 0. The maximum Gasteiger partial charge on any atom is 0.320 e. The molecule has 0 aromatic carbocycles. The van der Waals surface area contributed by atoms with Crippen LogP contribution in [0.1, 0.15) is 12.8 Å². The first-order chi connectivity index (χ1) is 6.99. The van der Waals surface area contributed by atoms with Crippen LogP contribution in [0.4, 0.5) is 17.6 Å². The molecule has 0 bridgehead atoms. The molecule has 3 nitrogen and oxygen atoms in total. The van der Waals surface area contributed by atoms with Gasteiger partial charge in [0, 0.05) is 0 Å². The van der Waals surface area contributed by atoms with Gasteiger partial charge in [-0.15, -0.1) is 0 Å². The Hall–Kier alpha value is -1.66. The van der Waals surface area contributed by atoms with Crippen LogP contribution in [0.15, 0.2) is 24.3 Å². The summed E-state index contributed by atoms with van der Waals surface area (Å²) in [5.41, 5.74) is 0. The van der Waals surface area contributed by atoms with Crippen molar-refractivity contribution in [2.45, 2.75) is 12.8 Å². The van der Waals surface area contributed by atoms with Gasteiger partial charge < -0.3 is 4.74 Å². The van der Waals surface area contributed by atoms with Crippen LogP contribution in [0.3, 0.4) is 0 Å². The molecular formula is C8H6F4O3. The largest absolute Gasteiger partial charge is 0.393 e. The molecule has 0 aliphatic heterocycles. The zero-order valence-electron chi connectivity index (χ0n) is 7.31. The third-order valence-electron chi connectivity index (χ3n) is 1.09. The van der Waals surface area contributed by atoms with Gasteiger partial charge in [-0.1, -0.05) is 0 Å². The molecule has 0 amide bonds. The monoisotopic (exact) mass is 226 g/mol. The number of hydrogen-bond donors (Lipinski definition) is 0. The van der Waals surface area contributed by atoms with Crippen LogP contribution in [-0.4, -0.2) is 11.9 Å². The van der Waals surface area contributed by atoms with Crippen LogP contribution < -0.4 is 0 Å². The smallest absolute Gasteiger partial charge is 0.320 e. The first kappa shape index (κ1) is 13.3. The van der Waals surface area contributed by atoms with Crippen molar-refractivity contribution in [2.24, 2.45) is 0 Å². The lowest BCUT2D eigenvalue weighted by atomic mass is 10.4. The van der Waals surface area contributed by atoms with E-state index in [4.69, 9.17) is 0 Å². The van der Waals surface area contributed by atoms with Gasteiger partial charge in [0.1, 0.15) is 37.2 Å². The van der Waals surface area contributed by atoms with E-state index in [1.165, 1.54) is 0 Å². The van der Waals surface area contributed by atoms with Crippen LogP contribution in [0.5, 0.6) is 0 Å². The van der Waals surface area contributed by atoms with E-state index >= 15 is 0 Å². The van der Waals surface area contributed by atoms with Crippen LogP contribution in [0, 0.1) is 0 Å². The zero-order chi connectivity index (χ0) is 11.8. The van der Waals surface area contributed by atoms with Gasteiger partial charge in [0.15, 0.2) is 0 Å². The van der Waals surface area contributed by atoms with Crippen molar-refractivity contribution in [2.75, 3.05) is 0 Å². The molecule has 0 spiro atoms. The van der Waals surface area contributed by atoms with Crippen LogP contribution in [0.2, 0.25) is 0 Å². The number of carbonyl (C=O) groups is 2. The second-order valence-electron chi connectivity index (χ2n) is 2.31. The summed E-state index contributed by atoms with van der Waals surface area (Å²) in [5.74, 6) is -5.65. The average molecular weight is 226 g/mol. The van der Waals surface area contributed by atoms with Crippen molar-refractivity contribution in [1.82, 2.24) is 0 Å². The highest BCUT2D eigenvalue weighted by Crippen LogP contribution is 2.08. The Balaban J connectivity index is 4.03. The summed E-state index contributed by atoms with van der Waals surface area (Å²) in [4.78, 5) is 21.1. The lowest BCUT2D eigenvalue weighted by Gasteiger charge is -1.99. The topological polar surface area (TPSA) is 43.4 Å². The van der Waals surface area contributed by atoms with E-state index in [9.17, 15) is 27.2 Å². The van der Waals surface area contributed by atoms with E-state index in [1.807, 2.05) is 0 Å². The molecule has 84 valence electrons. The highest BCUT2D eigenvalue weighted by atomic mass is 19.2. The highest BCUT2D eigenvalue weighted by Gasteiger charge is 2.14. The maximum atomic E-state index is 12.1. The maximum absolute atomic E-state index is 12.1. The van der Waals surface area contributed by atoms with E-state index in [-0.39, 0.29) is 0 Å². The fourth-order valence-electron chi connectivity index (χ4n) is 0.552. The highest BCUT2D eigenvalue weighted by molar-refractivity contribution is 5.87. The molecule has 0 saturated carbocycles. The number of carbonyl (C=O) groups excluding carboxylic acids is 2. The summed E-state index contributed by atoms with van der Waals surface area (Å²) >= 11 is 0. The molecule has 0 aliphatic carbocycles. The normalized spacial score (nSPS) is 12.5. The minimum absolute atomic E-state index is 0.478. The van der Waals surface area contributed by atoms with Crippen LogP contribution in [0.25, 0.3) is 0 Å². The van der Waals surface area contributed by atoms with E-state index in [2.05, 4.69) is 4.74 Å². The van der Waals surface area contributed by atoms with Gasteiger partial charge in [-0.25, -0.2) is 17.6 Å². The van der Waals surface area contributed by atoms with E-state index in [0.717, 1.165) is 0 Å². The molecule has 0 aromatic rings. The number of hydrogen-bond acceptors (Lipinski definition) is 3. The van der Waals surface area contributed by atoms with Crippen molar-refractivity contribution in [3.05, 3.63) is 24.3 Å². The molecule has 0 unspecified atom stereocenters. The molecule has 0 rings (SSSR count). The fraction of sp³-hybridized carbons (Fsp3) is 0.250. The molecule has 0 heterocycles. The molecule has 0 aliphatic rings. The Labute approximate surface area is 82.0 Å². The third-order valence-corrected chi connectivity index (χ3v) is 1.09. The van der Waals surface area contributed by atoms with Gasteiger partial charge in [-0.05, 0) is 0 Å². The fourth-order valence-corrected chi connectivity index (χ4v) is 0.552. The van der Waals surface area contributed by atoms with Gasteiger partial charge in [0.05, 0.1) is 0 Å².